The number of aryl methyl sites for hydroxylation is 1. The average Bonchev–Trinajstić information content (AvgIpc) is 2.34. The molecular formula is C16H22ClN. The van der Waals surface area contributed by atoms with Gasteiger partial charge >= 0.3 is 0 Å². The van der Waals surface area contributed by atoms with E-state index in [2.05, 4.69) is 30.6 Å². The van der Waals surface area contributed by atoms with E-state index < -0.39 is 0 Å². The second-order valence-electron chi connectivity index (χ2n) is 4.54. The second-order valence-corrected chi connectivity index (χ2v) is 4.95. The highest BCUT2D eigenvalue weighted by Gasteiger charge is 1.99. The molecule has 0 aliphatic rings. The highest BCUT2D eigenvalue weighted by atomic mass is 35.5. The summed E-state index contributed by atoms with van der Waals surface area (Å²) in [5, 5.41) is 0.805. The quantitative estimate of drug-likeness (QED) is 0.723. The molecule has 18 heavy (non-hydrogen) atoms. The smallest absolute Gasteiger partial charge is 0.0605 e. The predicted molar refractivity (Wildman–Crippen MR) is 80.1 cm³/mol. The van der Waals surface area contributed by atoms with Gasteiger partial charge in [-0.25, -0.2) is 0 Å². The molecule has 1 aromatic carbocycles. The Morgan fingerprint density at radius 1 is 1.17 bits per heavy atom. The summed E-state index contributed by atoms with van der Waals surface area (Å²) in [6, 6.07) is 5.93. The zero-order valence-corrected chi connectivity index (χ0v) is 12.3. The largest absolute Gasteiger partial charge is 0.292 e. The summed E-state index contributed by atoms with van der Waals surface area (Å²) >= 11 is 5.99. The maximum atomic E-state index is 5.99. The van der Waals surface area contributed by atoms with Gasteiger partial charge in [0.1, 0.15) is 0 Å². The van der Waals surface area contributed by atoms with Crippen molar-refractivity contribution in [2.24, 2.45) is 0 Å². The van der Waals surface area contributed by atoms with Crippen molar-refractivity contribution in [2.45, 2.75) is 33.6 Å². The van der Waals surface area contributed by atoms with E-state index in [1.807, 2.05) is 25.1 Å². The van der Waals surface area contributed by atoms with E-state index >= 15 is 0 Å². The third-order valence-electron chi connectivity index (χ3n) is 2.77. The molecule has 0 saturated carbocycles. The van der Waals surface area contributed by atoms with Gasteiger partial charge in [-0.3, -0.25) is 4.90 Å². The minimum Gasteiger partial charge on any atom is -0.292 e. The van der Waals surface area contributed by atoms with Crippen LogP contribution in [0.1, 0.15) is 37.8 Å². The van der Waals surface area contributed by atoms with Crippen LogP contribution < -0.4 is 0 Å². The van der Waals surface area contributed by atoms with Gasteiger partial charge in [0.25, 0.3) is 0 Å². The number of benzene rings is 1. The molecule has 0 aliphatic carbocycles. The van der Waals surface area contributed by atoms with Crippen molar-refractivity contribution < 1.29 is 0 Å². The molecular weight excluding hydrogens is 242 g/mol. The molecule has 0 unspecified atom stereocenters. The van der Waals surface area contributed by atoms with Crippen LogP contribution >= 0.6 is 11.6 Å². The van der Waals surface area contributed by atoms with Gasteiger partial charge in [-0.1, -0.05) is 37.3 Å². The lowest BCUT2D eigenvalue weighted by molar-refractivity contribution is 0.308. The van der Waals surface area contributed by atoms with Crippen LogP contribution in [0.2, 0.25) is 5.02 Å². The molecule has 1 rings (SSSR count). The Bertz CT molecular complexity index is 422. The summed E-state index contributed by atoms with van der Waals surface area (Å²) in [5.41, 5.74) is 2.13. The van der Waals surface area contributed by atoms with Gasteiger partial charge in [-0.2, -0.15) is 0 Å². The lowest BCUT2D eigenvalue weighted by atomic mass is 10.1. The van der Waals surface area contributed by atoms with Crippen LogP contribution in [0.3, 0.4) is 0 Å². The molecule has 1 nitrogen and oxygen atoms in total. The molecule has 0 amide bonds. The summed E-state index contributed by atoms with van der Waals surface area (Å²) in [6.07, 6.45) is 2.36. The van der Waals surface area contributed by atoms with Crippen LogP contribution in [0.15, 0.2) is 18.2 Å². The zero-order chi connectivity index (χ0) is 13.4. The summed E-state index contributed by atoms with van der Waals surface area (Å²) in [4.78, 5) is 2.40. The third-order valence-corrected chi connectivity index (χ3v) is 3.20. The van der Waals surface area contributed by atoms with E-state index in [-0.39, 0.29) is 0 Å². The molecule has 0 saturated heterocycles. The van der Waals surface area contributed by atoms with Crippen LogP contribution in [-0.2, 0) is 0 Å². The topological polar surface area (TPSA) is 3.24 Å². The highest BCUT2D eigenvalue weighted by Crippen LogP contribution is 2.15. The number of halogens is 1. The van der Waals surface area contributed by atoms with Crippen LogP contribution in [0.4, 0.5) is 0 Å². The number of hydrogen-bond acceptors (Lipinski definition) is 1. The fourth-order valence-corrected chi connectivity index (χ4v) is 2.00. The number of nitrogens with zero attached hydrogens (tertiary/aromatic N) is 1. The van der Waals surface area contributed by atoms with Crippen molar-refractivity contribution in [3.8, 4) is 11.8 Å². The molecule has 0 spiro atoms. The molecule has 0 heterocycles. The van der Waals surface area contributed by atoms with E-state index in [4.69, 9.17) is 11.6 Å². The fraction of sp³-hybridized carbons (Fsp3) is 0.500. The van der Waals surface area contributed by atoms with Crippen molar-refractivity contribution in [3.63, 3.8) is 0 Å². The Balaban J connectivity index is 2.60. The van der Waals surface area contributed by atoms with E-state index in [1.165, 1.54) is 12.8 Å². The van der Waals surface area contributed by atoms with Crippen LogP contribution in [0.25, 0.3) is 0 Å². The molecule has 0 aliphatic heterocycles. The summed E-state index contributed by atoms with van der Waals surface area (Å²) in [7, 11) is 0. The third kappa shape index (κ3) is 5.12. The molecule has 0 N–H and O–H groups in total. The Labute approximate surface area is 116 Å². The fourth-order valence-electron chi connectivity index (χ4n) is 1.88. The Hall–Kier alpha value is -0.970. The second kappa shape index (κ2) is 8.19. The predicted octanol–water partition coefficient (Wildman–Crippen LogP) is 4.12. The van der Waals surface area contributed by atoms with Crippen molar-refractivity contribution in [3.05, 3.63) is 34.3 Å². The monoisotopic (exact) mass is 263 g/mol. The summed E-state index contributed by atoms with van der Waals surface area (Å²) in [6.45, 7) is 9.53. The molecule has 0 fully saturated rings. The minimum absolute atomic E-state index is 0.805. The Morgan fingerprint density at radius 2 is 1.83 bits per heavy atom. The van der Waals surface area contributed by atoms with E-state index in [1.54, 1.807) is 0 Å². The first-order valence-corrected chi connectivity index (χ1v) is 7.02. The Morgan fingerprint density at radius 3 is 2.39 bits per heavy atom. The maximum absolute atomic E-state index is 5.99. The standard InChI is InChI=1S/C16H22ClN/c1-4-10-18(11-5-2)12-6-7-15-8-9-16(17)14(3)13-15/h8-9,13H,4-5,10-12H2,1-3H3. The summed E-state index contributed by atoms with van der Waals surface area (Å²) < 4.78 is 0. The van der Waals surface area contributed by atoms with Crippen molar-refractivity contribution in [2.75, 3.05) is 19.6 Å². The van der Waals surface area contributed by atoms with E-state index in [0.29, 0.717) is 0 Å². The number of hydrogen-bond donors (Lipinski definition) is 0. The first-order valence-electron chi connectivity index (χ1n) is 6.64. The van der Waals surface area contributed by atoms with Crippen LogP contribution in [-0.4, -0.2) is 24.5 Å². The van der Waals surface area contributed by atoms with Gasteiger partial charge in [0.15, 0.2) is 0 Å². The van der Waals surface area contributed by atoms with Crippen molar-refractivity contribution in [1.82, 2.24) is 4.90 Å². The van der Waals surface area contributed by atoms with Gasteiger partial charge in [0.05, 0.1) is 6.54 Å². The van der Waals surface area contributed by atoms with Crippen molar-refractivity contribution >= 4 is 11.6 Å². The first-order chi connectivity index (χ1) is 8.67. The SMILES string of the molecule is CCCN(CC#Cc1ccc(Cl)c(C)c1)CCC. The summed E-state index contributed by atoms with van der Waals surface area (Å²) in [5.74, 6) is 6.46. The maximum Gasteiger partial charge on any atom is 0.0605 e. The number of rotatable bonds is 5. The van der Waals surface area contributed by atoms with Crippen LogP contribution in [0, 0.1) is 18.8 Å². The molecule has 98 valence electrons. The normalized spacial score (nSPS) is 10.3. The lowest BCUT2D eigenvalue weighted by Gasteiger charge is -2.17. The van der Waals surface area contributed by atoms with E-state index in [0.717, 1.165) is 35.8 Å². The first kappa shape index (κ1) is 15.1. The van der Waals surface area contributed by atoms with Gasteiger partial charge < -0.3 is 0 Å². The van der Waals surface area contributed by atoms with Crippen LogP contribution in [0.5, 0.6) is 0 Å². The Kier molecular flexibility index (Phi) is 6.86. The van der Waals surface area contributed by atoms with Gasteiger partial charge in [-0.15, -0.1) is 0 Å². The molecule has 1 aromatic rings. The highest BCUT2D eigenvalue weighted by molar-refractivity contribution is 6.31. The molecule has 2 heteroatoms. The van der Waals surface area contributed by atoms with Crippen molar-refractivity contribution in [1.29, 1.82) is 0 Å². The van der Waals surface area contributed by atoms with E-state index in [9.17, 15) is 0 Å². The molecule has 0 bridgehead atoms. The molecule has 0 radical (unpaired) electrons. The minimum atomic E-state index is 0.805. The molecule has 0 aromatic heterocycles. The lowest BCUT2D eigenvalue weighted by Crippen LogP contribution is -2.25. The van der Waals surface area contributed by atoms with Gasteiger partial charge in [0.2, 0.25) is 0 Å². The van der Waals surface area contributed by atoms with Gasteiger partial charge in [-0.05, 0) is 56.6 Å². The molecule has 0 atom stereocenters. The average molecular weight is 264 g/mol. The van der Waals surface area contributed by atoms with Gasteiger partial charge in [0, 0.05) is 10.6 Å². The zero-order valence-electron chi connectivity index (χ0n) is 11.6.